The summed E-state index contributed by atoms with van der Waals surface area (Å²) in [7, 11) is 0. The molecule has 8 heteroatoms. The van der Waals surface area contributed by atoms with Crippen LogP contribution < -0.4 is 5.32 Å². The zero-order chi connectivity index (χ0) is 17.8. The van der Waals surface area contributed by atoms with E-state index in [4.69, 9.17) is 4.42 Å². The van der Waals surface area contributed by atoms with Crippen molar-refractivity contribution in [2.24, 2.45) is 0 Å². The third-order valence-electron chi connectivity index (χ3n) is 3.24. The molecule has 0 aliphatic rings. The lowest BCUT2D eigenvalue weighted by molar-refractivity contribution is 0.102. The zero-order valence-corrected chi connectivity index (χ0v) is 13.9. The highest BCUT2D eigenvalue weighted by atomic mass is 32.2. The van der Waals surface area contributed by atoms with Crippen molar-refractivity contribution < 1.29 is 18.0 Å². The van der Waals surface area contributed by atoms with Crippen LogP contribution in [0.5, 0.6) is 0 Å². The van der Waals surface area contributed by atoms with Crippen LogP contribution in [0.1, 0.15) is 17.3 Å². The van der Waals surface area contributed by atoms with Crippen LogP contribution in [0.2, 0.25) is 0 Å². The Morgan fingerprint density at radius 2 is 2.00 bits per heavy atom. The van der Waals surface area contributed by atoms with Crippen LogP contribution in [0.15, 0.2) is 51.8 Å². The lowest BCUT2D eigenvalue weighted by Crippen LogP contribution is -2.13. The zero-order valence-electron chi connectivity index (χ0n) is 13.1. The summed E-state index contributed by atoms with van der Waals surface area (Å²) < 4.78 is 32.0. The Morgan fingerprint density at radius 3 is 2.76 bits per heavy atom. The van der Waals surface area contributed by atoms with E-state index in [-0.39, 0.29) is 17.5 Å². The molecule has 0 aliphatic carbocycles. The largest absolute Gasteiger partial charge is 0.403 e. The van der Waals surface area contributed by atoms with Crippen molar-refractivity contribution in [3.05, 3.63) is 59.7 Å². The topological polar surface area (TPSA) is 68.0 Å². The van der Waals surface area contributed by atoms with E-state index >= 15 is 0 Å². The van der Waals surface area contributed by atoms with Gasteiger partial charge in [-0.25, -0.2) is 8.78 Å². The highest BCUT2D eigenvalue weighted by molar-refractivity contribution is 7.99. The van der Waals surface area contributed by atoms with Gasteiger partial charge in [0.25, 0.3) is 11.8 Å². The van der Waals surface area contributed by atoms with Crippen molar-refractivity contribution in [2.75, 3.05) is 11.1 Å². The number of aromatic nitrogens is 2. The number of nitrogens with zero attached hydrogens (tertiary/aromatic N) is 2. The highest BCUT2D eigenvalue weighted by Crippen LogP contribution is 2.25. The molecule has 1 N–H and O–H groups in total. The van der Waals surface area contributed by atoms with Crippen molar-refractivity contribution in [1.29, 1.82) is 0 Å². The summed E-state index contributed by atoms with van der Waals surface area (Å²) in [6, 6.07) is 9.95. The smallest absolute Gasteiger partial charge is 0.322 e. The number of hydrogen-bond acceptors (Lipinski definition) is 5. The molecular formula is C17H13F2N3O2S. The first kappa shape index (κ1) is 17.1. The Bertz CT molecular complexity index is 914. The highest BCUT2D eigenvalue weighted by Gasteiger charge is 2.17. The number of carbonyl (C=O) groups is 1. The first-order valence-electron chi connectivity index (χ1n) is 7.40. The number of rotatable bonds is 5. The number of hydrogen-bond donors (Lipinski definition) is 1. The molecule has 3 rings (SSSR count). The van der Waals surface area contributed by atoms with Crippen LogP contribution >= 0.6 is 11.8 Å². The third-order valence-corrected chi connectivity index (χ3v) is 4.19. The fraction of sp³-hybridized carbons (Fsp3) is 0.118. The molecule has 0 radical (unpaired) electrons. The standard InChI is InChI=1S/C17H13F2N3O2S/c1-2-25-14-6-4-3-5-12(14)15(23)20-17-22-21-16(24-17)11-8-7-10(18)9-13(11)19/h3-9H,2H2,1H3,(H,20,22,23). The number of benzene rings is 2. The molecule has 1 aromatic heterocycles. The molecule has 5 nitrogen and oxygen atoms in total. The van der Waals surface area contributed by atoms with E-state index in [2.05, 4.69) is 15.5 Å². The third kappa shape index (κ3) is 3.85. The van der Waals surface area contributed by atoms with Gasteiger partial charge in [-0.1, -0.05) is 24.2 Å². The van der Waals surface area contributed by atoms with Crippen LogP contribution in [0.3, 0.4) is 0 Å². The van der Waals surface area contributed by atoms with E-state index in [0.29, 0.717) is 5.56 Å². The fourth-order valence-corrected chi connectivity index (χ4v) is 2.95. The second-order valence-electron chi connectivity index (χ2n) is 4.92. The molecule has 3 aromatic rings. The Morgan fingerprint density at radius 1 is 1.20 bits per heavy atom. The molecule has 0 fully saturated rings. The molecular weight excluding hydrogens is 348 g/mol. The Balaban J connectivity index is 1.81. The van der Waals surface area contributed by atoms with Gasteiger partial charge < -0.3 is 4.42 Å². The average molecular weight is 361 g/mol. The van der Waals surface area contributed by atoms with Gasteiger partial charge in [-0.05, 0) is 30.0 Å². The molecule has 0 spiro atoms. The molecule has 0 saturated carbocycles. The summed E-state index contributed by atoms with van der Waals surface area (Å²) in [4.78, 5) is 13.2. The molecule has 25 heavy (non-hydrogen) atoms. The first-order valence-corrected chi connectivity index (χ1v) is 8.39. The Labute approximate surface area is 146 Å². The summed E-state index contributed by atoms with van der Waals surface area (Å²) in [6.07, 6.45) is 0. The lowest BCUT2D eigenvalue weighted by Gasteiger charge is -2.06. The number of anilines is 1. The summed E-state index contributed by atoms with van der Waals surface area (Å²) in [6.45, 7) is 1.99. The predicted octanol–water partition coefficient (Wildman–Crippen LogP) is 4.38. The van der Waals surface area contributed by atoms with Crippen molar-refractivity contribution in [1.82, 2.24) is 10.2 Å². The normalized spacial score (nSPS) is 10.7. The predicted molar refractivity (Wildman–Crippen MR) is 90.4 cm³/mol. The van der Waals surface area contributed by atoms with Crippen LogP contribution in [0.25, 0.3) is 11.5 Å². The number of amides is 1. The SMILES string of the molecule is CCSc1ccccc1C(=O)Nc1nnc(-c2ccc(F)cc2F)o1. The molecule has 0 unspecified atom stereocenters. The number of halogens is 2. The lowest BCUT2D eigenvalue weighted by atomic mass is 10.2. The van der Waals surface area contributed by atoms with Crippen LogP contribution in [-0.2, 0) is 0 Å². The number of nitrogens with one attached hydrogen (secondary N) is 1. The van der Waals surface area contributed by atoms with E-state index in [1.165, 1.54) is 17.8 Å². The second-order valence-corrected chi connectivity index (χ2v) is 6.23. The van der Waals surface area contributed by atoms with E-state index in [1.54, 1.807) is 12.1 Å². The van der Waals surface area contributed by atoms with Crippen molar-refractivity contribution in [2.45, 2.75) is 11.8 Å². The van der Waals surface area contributed by atoms with Gasteiger partial charge in [0.15, 0.2) is 0 Å². The Kier molecular flexibility index (Phi) is 5.08. The van der Waals surface area contributed by atoms with Gasteiger partial charge in [0, 0.05) is 11.0 Å². The maximum atomic E-state index is 13.8. The fourth-order valence-electron chi connectivity index (χ4n) is 2.15. The summed E-state index contributed by atoms with van der Waals surface area (Å²) in [5, 5.41) is 9.85. The number of thioether (sulfide) groups is 1. The van der Waals surface area contributed by atoms with Crippen LogP contribution in [0.4, 0.5) is 14.8 Å². The molecule has 2 aromatic carbocycles. The van der Waals surface area contributed by atoms with Gasteiger partial charge in [-0.2, -0.15) is 0 Å². The summed E-state index contributed by atoms with van der Waals surface area (Å²) in [5.41, 5.74) is 0.429. The van der Waals surface area contributed by atoms with Crippen LogP contribution in [-0.4, -0.2) is 21.9 Å². The van der Waals surface area contributed by atoms with Gasteiger partial charge in [-0.15, -0.1) is 16.9 Å². The minimum atomic E-state index is -0.828. The van der Waals surface area contributed by atoms with Gasteiger partial charge in [-0.3, -0.25) is 10.1 Å². The first-order chi connectivity index (χ1) is 12.1. The van der Waals surface area contributed by atoms with E-state index in [0.717, 1.165) is 22.8 Å². The van der Waals surface area contributed by atoms with Gasteiger partial charge in [0.1, 0.15) is 11.6 Å². The van der Waals surface area contributed by atoms with Gasteiger partial charge in [0.05, 0.1) is 11.1 Å². The van der Waals surface area contributed by atoms with E-state index in [9.17, 15) is 13.6 Å². The molecule has 0 saturated heterocycles. The van der Waals surface area contributed by atoms with Crippen molar-refractivity contribution in [3.63, 3.8) is 0 Å². The maximum Gasteiger partial charge on any atom is 0.322 e. The molecule has 0 atom stereocenters. The molecule has 1 amide bonds. The van der Waals surface area contributed by atoms with E-state index in [1.807, 2.05) is 19.1 Å². The average Bonchev–Trinajstić information content (AvgIpc) is 3.03. The number of carbonyl (C=O) groups excluding carboxylic acids is 1. The van der Waals surface area contributed by atoms with Crippen molar-refractivity contribution in [3.8, 4) is 11.5 Å². The summed E-state index contributed by atoms with van der Waals surface area (Å²) >= 11 is 1.53. The Hall–Kier alpha value is -2.74. The quantitative estimate of drug-likeness (QED) is 0.683. The van der Waals surface area contributed by atoms with E-state index < -0.39 is 17.5 Å². The van der Waals surface area contributed by atoms with Crippen LogP contribution in [0, 0.1) is 11.6 Å². The molecule has 0 aliphatic heterocycles. The van der Waals surface area contributed by atoms with Gasteiger partial charge >= 0.3 is 6.01 Å². The van der Waals surface area contributed by atoms with Gasteiger partial charge in [0.2, 0.25) is 0 Å². The monoisotopic (exact) mass is 361 g/mol. The molecule has 128 valence electrons. The second kappa shape index (κ2) is 7.43. The summed E-state index contributed by atoms with van der Waals surface area (Å²) in [5.74, 6) is -1.28. The molecule has 1 heterocycles. The maximum absolute atomic E-state index is 13.8. The van der Waals surface area contributed by atoms with Crippen molar-refractivity contribution >= 4 is 23.7 Å². The minimum absolute atomic E-state index is 0.0451. The molecule has 0 bridgehead atoms. The minimum Gasteiger partial charge on any atom is -0.403 e.